The molecule has 1 N–H and O–H groups in total. The van der Waals surface area contributed by atoms with Gasteiger partial charge in [-0.05, 0) is 36.7 Å². The van der Waals surface area contributed by atoms with E-state index in [1.54, 1.807) is 6.07 Å². The van der Waals surface area contributed by atoms with Crippen molar-refractivity contribution in [3.05, 3.63) is 35.4 Å². The van der Waals surface area contributed by atoms with Crippen LogP contribution in [-0.2, 0) is 12.8 Å². The second-order valence-corrected chi connectivity index (χ2v) is 5.02. The molecule has 0 aliphatic carbocycles. The number of rotatable bonds is 5. The first-order valence-electron chi connectivity index (χ1n) is 6.23. The van der Waals surface area contributed by atoms with E-state index >= 15 is 0 Å². The molecule has 0 saturated carbocycles. The van der Waals surface area contributed by atoms with Crippen molar-refractivity contribution in [3.63, 3.8) is 0 Å². The van der Waals surface area contributed by atoms with Crippen molar-refractivity contribution in [1.82, 2.24) is 20.2 Å². The van der Waals surface area contributed by atoms with Gasteiger partial charge in [-0.1, -0.05) is 13.8 Å². The number of aromatic nitrogens is 4. The molecule has 2 heterocycles. The van der Waals surface area contributed by atoms with Crippen LogP contribution in [-0.4, -0.2) is 31.2 Å². The number of carboxylic acid groups (broad SMARTS) is 1. The third kappa shape index (κ3) is 3.30. The third-order valence-corrected chi connectivity index (χ3v) is 3.49. The maximum atomic E-state index is 10.9. The maximum absolute atomic E-state index is 10.9. The van der Waals surface area contributed by atoms with Crippen LogP contribution in [0.5, 0.6) is 0 Å². The summed E-state index contributed by atoms with van der Waals surface area (Å²) >= 11 is 1.28. The lowest BCUT2D eigenvalue weighted by Gasteiger charge is -2.05. The second-order valence-electron chi connectivity index (χ2n) is 3.98. The average molecular weight is 290 g/mol. The van der Waals surface area contributed by atoms with Crippen LogP contribution < -0.4 is 0 Å². The van der Waals surface area contributed by atoms with Gasteiger partial charge >= 0.3 is 5.97 Å². The fourth-order valence-electron chi connectivity index (χ4n) is 1.66. The van der Waals surface area contributed by atoms with Crippen LogP contribution in [0.2, 0.25) is 0 Å². The van der Waals surface area contributed by atoms with Gasteiger partial charge in [-0.25, -0.2) is 14.8 Å². The normalized spacial score (nSPS) is 10.5. The molecule has 0 aliphatic heterocycles. The Balaban J connectivity index is 2.25. The Morgan fingerprint density at radius 1 is 1.25 bits per heavy atom. The largest absolute Gasteiger partial charge is 0.477 e. The van der Waals surface area contributed by atoms with Crippen molar-refractivity contribution in [2.45, 2.75) is 36.7 Å². The number of hydrogen-bond donors (Lipinski definition) is 1. The van der Waals surface area contributed by atoms with Crippen molar-refractivity contribution in [2.75, 3.05) is 0 Å². The Labute approximate surface area is 120 Å². The summed E-state index contributed by atoms with van der Waals surface area (Å²) in [7, 11) is 0. The Kier molecular flexibility index (Phi) is 4.62. The number of aromatic carboxylic acids is 1. The fourth-order valence-corrected chi connectivity index (χ4v) is 2.41. The van der Waals surface area contributed by atoms with Gasteiger partial charge in [0.2, 0.25) is 5.16 Å². The maximum Gasteiger partial charge on any atom is 0.354 e. The smallest absolute Gasteiger partial charge is 0.354 e. The van der Waals surface area contributed by atoms with E-state index < -0.39 is 5.97 Å². The summed E-state index contributed by atoms with van der Waals surface area (Å²) in [6.07, 6.45) is 3.05. The lowest BCUT2D eigenvalue weighted by Crippen LogP contribution is -2.04. The molecule has 0 aliphatic rings. The zero-order valence-electron chi connectivity index (χ0n) is 11.2. The summed E-state index contributed by atoms with van der Waals surface area (Å²) < 4.78 is 0. The summed E-state index contributed by atoms with van der Waals surface area (Å²) in [5, 5.41) is 17.6. The lowest BCUT2D eigenvalue weighted by molar-refractivity contribution is 0.0690. The van der Waals surface area contributed by atoms with Gasteiger partial charge in [-0.15, -0.1) is 5.10 Å². The minimum absolute atomic E-state index is 0.00357. The highest BCUT2D eigenvalue weighted by Gasteiger charge is 2.10. The highest BCUT2D eigenvalue weighted by molar-refractivity contribution is 7.99. The minimum Gasteiger partial charge on any atom is -0.477 e. The standard InChI is InChI=1S/C13H14N4O2S/c1-3-9-10(4-2)16-17-13(15-9)20-8-5-6-14-11(7-8)12(18)19/h5-7H,3-4H2,1-2H3,(H,18,19). The van der Waals surface area contributed by atoms with Crippen molar-refractivity contribution in [2.24, 2.45) is 0 Å². The summed E-state index contributed by atoms with van der Waals surface area (Å²) in [5.41, 5.74) is 1.83. The zero-order chi connectivity index (χ0) is 14.5. The summed E-state index contributed by atoms with van der Waals surface area (Å²) in [4.78, 5) is 19.8. The van der Waals surface area contributed by atoms with Crippen LogP contribution in [0.4, 0.5) is 0 Å². The van der Waals surface area contributed by atoms with Gasteiger partial charge in [0.1, 0.15) is 5.69 Å². The van der Waals surface area contributed by atoms with Crippen molar-refractivity contribution in [1.29, 1.82) is 0 Å². The Morgan fingerprint density at radius 3 is 2.65 bits per heavy atom. The van der Waals surface area contributed by atoms with Crippen LogP contribution in [0.3, 0.4) is 0 Å². The average Bonchev–Trinajstić information content (AvgIpc) is 2.47. The molecule has 0 radical (unpaired) electrons. The first-order chi connectivity index (χ1) is 9.63. The van der Waals surface area contributed by atoms with E-state index in [1.807, 2.05) is 13.8 Å². The number of pyridine rings is 1. The molecule has 7 heteroatoms. The predicted molar refractivity (Wildman–Crippen MR) is 73.9 cm³/mol. The van der Waals surface area contributed by atoms with Crippen molar-refractivity contribution in [3.8, 4) is 0 Å². The van der Waals surface area contributed by atoms with E-state index in [4.69, 9.17) is 5.11 Å². The van der Waals surface area contributed by atoms with Gasteiger partial charge in [0, 0.05) is 11.1 Å². The van der Waals surface area contributed by atoms with Gasteiger partial charge < -0.3 is 5.11 Å². The van der Waals surface area contributed by atoms with Crippen LogP contribution in [0.15, 0.2) is 28.4 Å². The highest BCUT2D eigenvalue weighted by atomic mass is 32.2. The number of nitrogens with zero attached hydrogens (tertiary/aromatic N) is 4. The molecule has 104 valence electrons. The Bertz CT molecular complexity index is 634. The number of hydrogen-bond acceptors (Lipinski definition) is 6. The molecular formula is C13H14N4O2S. The molecule has 20 heavy (non-hydrogen) atoms. The van der Waals surface area contributed by atoms with E-state index in [9.17, 15) is 4.79 Å². The molecule has 0 spiro atoms. The first kappa shape index (κ1) is 14.4. The zero-order valence-corrected chi connectivity index (χ0v) is 12.0. The molecule has 0 amide bonds. The fraction of sp³-hybridized carbons (Fsp3) is 0.308. The van der Waals surface area contributed by atoms with Crippen LogP contribution in [0.1, 0.15) is 35.7 Å². The first-order valence-corrected chi connectivity index (χ1v) is 7.05. The molecule has 0 atom stereocenters. The third-order valence-electron chi connectivity index (χ3n) is 2.65. The van der Waals surface area contributed by atoms with Gasteiger partial charge in [-0.3, -0.25) is 0 Å². The van der Waals surface area contributed by atoms with Crippen LogP contribution in [0, 0.1) is 0 Å². The molecule has 0 aromatic carbocycles. The Morgan fingerprint density at radius 2 is 2.00 bits per heavy atom. The van der Waals surface area contributed by atoms with Gasteiger partial charge in [0.25, 0.3) is 0 Å². The van der Waals surface area contributed by atoms with E-state index in [0.29, 0.717) is 5.16 Å². The topological polar surface area (TPSA) is 88.9 Å². The molecule has 6 nitrogen and oxygen atoms in total. The van der Waals surface area contributed by atoms with Gasteiger partial charge in [-0.2, -0.15) is 5.10 Å². The summed E-state index contributed by atoms with van der Waals surface area (Å²) in [5.74, 6) is -1.05. The van der Waals surface area contributed by atoms with E-state index in [-0.39, 0.29) is 5.69 Å². The highest BCUT2D eigenvalue weighted by Crippen LogP contribution is 2.24. The molecule has 2 rings (SSSR count). The molecule has 0 fully saturated rings. The van der Waals surface area contributed by atoms with Gasteiger partial charge in [0.15, 0.2) is 0 Å². The number of carbonyl (C=O) groups is 1. The van der Waals surface area contributed by atoms with Gasteiger partial charge in [0.05, 0.1) is 11.4 Å². The number of aryl methyl sites for hydroxylation is 2. The van der Waals surface area contributed by atoms with E-state index in [1.165, 1.54) is 24.0 Å². The number of carboxylic acids is 1. The van der Waals surface area contributed by atoms with Crippen molar-refractivity contribution < 1.29 is 9.90 Å². The lowest BCUT2D eigenvalue weighted by atomic mass is 10.2. The van der Waals surface area contributed by atoms with E-state index in [2.05, 4.69) is 20.2 Å². The minimum atomic E-state index is -1.05. The molecule has 2 aromatic rings. The van der Waals surface area contributed by atoms with Crippen LogP contribution >= 0.6 is 11.8 Å². The molecule has 0 saturated heterocycles. The molecule has 0 unspecified atom stereocenters. The molecular weight excluding hydrogens is 276 g/mol. The van der Waals surface area contributed by atoms with Crippen LogP contribution in [0.25, 0.3) is 0 Å². The SMILES string of the molecule is CCc1nnc(Sc2ccnc(C(=O)O)c2)nc1CC. The quantitative estimate of drug-likeness (QED) is 0.903. The summed E-state index contributed by atoms with van der Waals surface area (Å²) in [6, 6.07) is 3.22. The predicted octanol–water partition coefficient (Wildman–Crippen LogP) is 2.24. The molecule has 0 bridgehead atoms. The van der Waals surface area contributed by atoms with Crippen molar-refractivity contribution >= 4 is 17.7 Å². The summed E-state index contributed by atoms with van der Waals surface area (Å²) in [6.45, 7) is 4.03. The monoisotopic (exact) mass is 290 g/mol. The van der Waals surface area contributed by atoms with E-state index in [0.717, 1.165) is 29.1 Å². The molecule has 2 aromatic heterocycles. The Hall–Kier alpha value is -2.02. The second kappa shape index (κ2) is 6.42.